The first kappa shape index (κ1) is 11.4. The molecule has 0 aliphatic carbocycles. The zero-order valence-corrected chi connectivity index (χ0v) is 9.97. The lowest BCUT2D eigenvalue weighted by Crippen LogP contribution is -1.93. The van der Waals surface area contributed by atoms with E-state index in [1.165, 1.54) is 12.1 Å². The zero-order valence-electron chi connectivity index (χ0n) is 9.97. The average molecular weight is 254 g/mol. The van der Waals surface area contributed by atoms with Gasteiger partial charge in [0.15, 0.2) is 0 Å². The number of aromatic amines is 1. The standard InChI is InChI=1S/C14H11FN4/c15-10-5-3-9(4-6-10)12-8-18-14(19-12)11-2-1-7-17-13(11)16/h1-8H,(H2,16,17)(H,18,19). The van der Waals surface area contributed by atoms with Gasteiger partial charge in [-0.25, -0.2) is 14.4 Å². The number of imidazole rings is 1. The van der Waals surface area contributed by atoms with Crippen LogP contribution in [0.3, 0.4) is 0 Å². The van der Waals surface area contributed by atoms with Crippen LogP contribution in [0.15, 0.2) is 48.8 Å². The van der Waals surface area contributed by atoms with Gasteiger partial charge in [0.1, 0.15) is 17.5 Å². The summed E-state index contributed by atoms with van der Waals surface area (Å²) in [6.07, 6.45) is 3.32. The Labute approximate surface area is 109 Å². The molecule has 0 radical (unpaired) electrons. The molecule has 0 bridgehead atoms. The van der Waals surface area contributed by atoms with Crippen LogP contribution in [0.1, 0.15) is 0 Å². The number of H-pyrrole nitrogens is 1. The van der Waals surface area contributed by atoms with E-state index in [2.05, 4.69) is 15.0 Å². The number of hydrogen-bond donors (Lipinski definition) is 2. The number of nitrogens with two attached hydrogens (primary N) is 1. The number of pyridine rings is 1. The summed E-state index contributed by atoms with van der Waals surface area (Å²) in [4.78, 5) is 11.4. The van der Waals surface area contributed by atoms with Crippen LogP contribution in [-0.4, -0.2) is 15.0 Å². The number of nitrogen functional groups attached to an aromatic ring is 1. The summed E-state index contributed by atoms with van der Waals surface area (Å²) in [7, 11) is 0. The van der Waals surface area contributed by atoms with E-state index in [1.54, 1.807) is 30.6 Å². The summed E-state index contributed by atoms with van der Waals surface area (Å²) < 4.78 is 12.9. The molecule has 0 saturated carbocycles. The zero-order chi connectivity index (χ0) is 13.2. The number of benzene rings is 1. The molecule has 3 N–H and O–H groups in total. The fraction of sp³-hybridized carbons (Fsp3) is 0. The van der Waals surface area contributed by atoms with Crippen LogP contribution < -0.4 is 5.73 Å². The molecule has 3 rings (SSSR count). The molecule has 0 saturated heterocycles. The number of rotatable bonds is 2. The fourth-order valence-corrected chi connectivity index (χ4v) is 1.85. The van der Waals surface area contributed by atoms with Gasteiger partial charge in [-0.15, -0.1) is 0 Å². The van der Waals surface area contributed by atoms with Gasteiger partial charge in [-0.05, 0) is 42.0 Å². The SMILES string of the molecule is Nc1ncccc1-c1ncc(-c2ccc(F)cc2)[nH]1. The van der Waals surface area contributed by atoms with Crippen molar-refractivity contribution in [2.75, 3.05) is 5.73 Å². The first-order chi connectivity index (χ1) is 9.24. The van der Waals surface area contributed by atoms with E-state index in [1.807, 2.05) is 6.07 Å². The molecule has 0 fully saturated rings. The van der Waals surface area contributed by atoms with E-state index in [4.69, 9.17) is 5.73 Å². The second kappa shape index (κ2) is 4.53. The van der Waals surface area contributed by atoms with E-state index in [0.717, 1.165) is 16.8 Å². The van der Waals surface area contributed by atoms with Crippen LogP contribution in [0, 0.1) is 5.82 Å². The second-order valence-corrected chi connectivity index (χ2v) is 4.09. The van der Waals surface area contributed by atoms with Crippen molar-refractivity contribution in [3.63, 3.8) is 0 Å². The lowest BCUT2D eigenvalue weighted by Gasteiger charge is -2.00. The molecule has 94 valence electrons. The summed E-state index contributed by atoms with van der Waals surface area (Å²) in [5.74, 6) is 0.799. The molecule has 0 amide bonds. The smallest absolute Gasteiger partial charge is 0.141 e. The van der Waals surface area contributed by atoms with E-state index >= 15 is 0 Å². The highest BCUT2D eigenvalue weighted by atomic mass is 19.1. The van der Waals surface area contributed by atoms with Gasteiger partial charge in [-0.2, -0.15) is 0 Å². The van der Waals surface area contributed by atoms with Crippen molar-refractivity contribution in [1.29, 1.82) is 0 Å². The maximum atomic E-state index is 12.9. The molecular formula is C14H11FN4. The Hall–Kier alpha value is -2.69. The third-order valence-electron chi connectivity index (χ3n) is 2.82. The topological polar surface area (TPSA) is 67.6 Å². The molecule has 0 unspecified atom stereocenters. The Bertz CT molecular complexity index is 703. The first-order valence-electron chi connectivity index (χ1n) is 5.76. The summed E-state index contributed by atoms with van der Waals surface area (Å²) in [6.45, 7) is 0. The van der Waals surface area contributed by atoms with Crippen LogP contribution in [0.4, 0.5) is 10.2 Å². The van der Waals surface area contributed by atoms with E-state index in [-0.39, 0.29) is 5.82 Å². The van der Waals surface area contributed by atoms with Gasteiger partial charge in [0.05, 0.1) is 17.5 Å². The minimum Gasteiger partial charge on any atom is -0.383 e. The number of halogens is 1. The number of nitrogens with one attached hydrogen (secondary N) is 1. The van der Waals surface area contributed by atoms with Crippen LogP contribution in [0.2, 0.25) is 0 Å². The van der Waals surface area contributed by atoms with Crippen molar-refractivity contribution in [2.45, 2.75) is 0 Å². The third-order valence-corrected chi connectivity index (χ3v) is 2.82. The molecule has 19 heavy (non-hydrogen) atoms. The quantitative estimate of drug-likeness (QED) is 0.738. The minimum atomic E-state index is -0.264. The predicted molar refractivity (Wildman–Crippen MR) is 71.6 cm³/mol. The van der Waals surface area contributed by atoms with Crippen LogP contribution in [0.25, 0.3) is 22.6 Å². The maximum absolute atomic E-state index is 12.9. The Morgan fingerprint density at radius 1 is 1.05 bits per heavy atom. The summed E-state index contributed by atoms with van der Waals surface area (Å²) in [5.41, 5.74) is 8.21. The van der Waals surface area contributed by atoms with Gasteiger partial charge in [0.2, 0.25) is 0 Å². The van der Waals surface area contributed by atoms with Crippen molar-refractivity contribution < 1.29 is 4.39 Å². The molecule has 3 aromatic rings. The Morgan fingerprint density at radius 3 is 2.58 bits per heavy atom. The number of anilines is 1. The van der Waals surface area contributed by atoms with Gasteiger partial charge >= 0.3 is 0 Å². The summed E-state index contributed by atoms with van der Waals surface area (Å²) in [5, 5.41) is 0. The van der Waals surface area contributed by atoms with E-state index in [9.17, 15) is 4.39 Å². The van der Waals surface area contributed by atoms with Crippen molar-refractivity contribution in [3.8, 4) is 22.6 Å². The minimum absolute atomic E-state index is 0.264. The van der Waals surface area contributed by atoms with Crippen molar-refractivity contribution in [2.24, 2.45) is 0 Å². The molecule has 4 nitrogen and oxygen atoms in total. The fourth-order valence-electron chi connectivity index (χ4n) is 1.85. The highest BCUT2D eigenvalue weighted by Gasteiger charge is 2.08. The molecule has 5 heteroatoms. The average Bonchev–Trinajstić information content (AvgIpc) is 2.89. The van der Waals surface area contributed by atoms with Gasteiger partial charge < -0.3 is 10.7 Å². The van der Waals surface area contributed by atoms with Gasteiger partial charge in [-0.1, -0.05) is 0 Å². The third kappa shape index (κ3) is 2.18. The highest BCUT2D eigenvalue weighted by Crippen LogP contribution is 2.24. The second-order valence-electron chi connectivity index (χ2n) is 4.09. The normalized spacial score (nSPS) is 10.6. The summed E-state index contributed by atoms with van der Waals surface area (Å²) in [6, 6.07) is 9.85. The van der Waals surface area contributed by atoms with E-state index in [0.29, 0.717) is 11.6 Å². The monoisotopic (exact) mass is 254 g/mol. The van der Waals surface area contributed by atoms with Crippen LogP contribution >= 0.6 is 0 Å². The van der Waals surface area contributed by atoms with Crippen LogP contribution in [-0.2, 0) is 0 Å². The molecule has 0 spiro atoms. The largest absolute Gasteiger partial charge is 0.383 e. The number of hydrogen-bond acceptors (Lipinski definition) is 3. The maximum Gasteiger partial charge on any atom is 0.141 e. The van der Waals surface area contributed by atoms with Gasteiger partial charge in [-0.3, -0.25) is 0 Å². The number of nitrogens with zero attached hydrogens (tertiary/aromatic N) is 2. The Morgan fingerprint density at radius 2 is 1.84 bits per heavy atom. The van der Waals surface area contributed by atoms with Crippen LogP contribution in [0.5, 0.6) is 0 Å². The highest BCUT2D eigenvalue weighted by molar-refractivity contribution is 5.70. The van der Waals surface area contributed by atoms with Crippen molar-refractivity contribution >= 4 is 5.82 Å². The lowest BCUT2D eigenvalue weighted by molar-refractivity contribution is 0.628. The predicted octanol–water partition coefficient (Wildman–Crippen LogP) is 2.86. The Balaban J connectivity index is 2.00. The Kier molecular flexibility index (Phi) is 2.72. The molecule has 0 aliphatic rings. The van der Waals surface area contributed by atoms with Crippen molar-refractivity contribution in [1.82, 2.24) is 15.0 Å². The molecule has 2 aromatic heterocycles. The molecule has 1 aromatic carbocycles. The molecule has 2 heterocycles. The van der Waals surface area contributed by atoms with Gasteiger partial charge in [0.25, 0.3) is 0 Å². The van der Waals surface area contributed by atoms with Gasteiger partial charge in [0, 0.05) is 6.20 Å². The molecular weight excluding hydrogens is 243 g/mol. The molecule has 0 aliphatic heterocycles. The van der Waals surface area contributed by atoms with E-state index < -0.39 is 0 Å². The lowest BCUT2D eigenvalue weighted by atomic mass is 10.2. The summed E-state index contributed by atoms with van der Waals surface area (Å²) >= 11 is 0. The van der Waals surface area contributed by atoms with Crippen molar-refractivity contribution in [3.05, 3.63) is 54.6 Å². The first-order valence-corrected chi connectivity index (χ1v) is 5.76. The number of aromatic nitrogens is 3. The molecule has 0 atom stereocenters.